The fraction of sp³-hybridized carbons (Fsp3) is 0.583. The summed E-state index contributed by atoms with van der Waals surface area (Å²) in [5.74, 6) is -0.310. The Labute approximate surface area is 111 Å². The van der Waals surface area contributed by atoms with Gasteiger partial charge < -0.3 is 20.3 Å². The zero-order valence-electron chi connectivity index (χ0n) is 10.8. The lowest BCUT2D eigenvalue weighted by molar-refractivity contribution is -0.137. The zero-order valence-corrected chi connectivity index (χ0v) is 10.8. The first kappa shape index (κ1) is 13.4. The molecule has 1 aromatic heterocycles. The average molecular weight is 266 g/mol. The normalized spacial score (nSPS) is 15.8. The first-order valence-electron chi connectivity index (χ1n) is 6.40. The van der Waals surface area contributed by atoms with Gasteiger partial charge in [0.1, 0.15) is 12.4 Å². The van der Waals surface area contributed by atoms with E-state index < -0.39 is 5.97 Å². The fourth-order valence-corrected chi connectivity index (χ4v) is 1.96. The summed E-state index contributed by atoms with van der Waals surface area (Å²) in [7, 11) is 0. The molecule has 2 amide bonds. The maximum atomic E-state index is 12.1. The van der Waals surface area contributed by atoms with Crippen molar-refractivity contribution in [1.29, 1.82) is 0 Å². The minimum atomic E-state index is -0.993. The topological polar surface area (TPSA) is 98.3 Å². The molecule has 7 heteroatoms. The van der Waals surface area contributed by atoms with Crippen LogP contribution in [-0.2, 0) is 4.79 Å². The highest BCUT2D eigenvalue weighted by Crippen LogP contribution is 2.27. The molecule has 3 N–H and O–H groups in total. The van der Waals surface area contributed by atoms with Crippen molar-refractivity contribution in [3.63, 3.8) is 0 Å². The van der Waals surface area contributed by atoms with E-state index in [1.54, 1.807) is 12.4 Å². The maximum absolute atomic E-state index is 12.1. The third kappa shape index (κ3) is 3.46. The molecule has 1 unspecified atom stereocenters. The van der Waals surface area contributed by atoms with Crippen LogP contribution in [0, 0.1) is 0 Å². The first-order valence-corrected chi connectivity index (χ1v) is 6.40. The Morgan fingerprint density at radius 1 is 1.63 bits per heavy atom. The highest BCUT2D eigenvalue weighted by molar-refractivity contribution is 5.80. The SMILES string of the molecule is CCC(NC(=O)N(CC(=O)O)C1CC1)c1ncc[nH]1. The van der Waals surface area contributed by atoms with E-state index in [-0.39, 0.29) is 24.7 Å². The van der Waals surface area contributed by atoms with E-state index in [9.17, 15) is 9.59 Å². The van der Waals surface area contributed by atoms with Gasteiger partial charge in [0.25, 0.3) is 0 Å². The summed E-state index contributed by atoms with van der Waals surface area (Å²) in [6.45, 7) is 1.68. The zero-order chi connectivity index (χ0) is 13.8. The Balaban J connectivity index is 1.99. The van der Waals surface area contributed by atoms with Crippen LogP contribution in [0.3, 0.4) is 0 Å². The van der Waals surface area contributed by atoms with Gasteiger partial charge in [-0.15, -0.1) is 0 Å². The molecule has 1 heterocycles. The Bertz CT molecular complexity index is 442. The van der Waals surface area contributed by atoms with Gasteiger partial charge in [0.05, 0.1) is 6.04 Å². The summed E-state index contributed by atoms with van der Waals surface area (Å²) in [6.07, 6.45) is 5.75. The molecular weight excluding hydrogens is 248 g/mol. The Hall–Kier alpha value is -2.05. The summed E-state index contributed by atoms with van der Waals surface area (Å²) < 4.78 is 0. The van der Waals surface area contributed by atoms with E-state index in [0.717, 1.165) is 12.8 Å². The predicted octanol–water partition coefficient (Wildman–Crippen LogP) is 1.12. The summed E-state index contributed by atoms with van der Waals surface area (Å²) in [4.78, 5) is 31.4. The molecule has 7 nitrogen and oxygen atoms in total. The van der Waals surface area contributed by atoms with Gasteiger partial charge in [0.2, 0.25) is 0 Å². The number of rotatable bonds is 6. The number of aliphatic carboxylic acids is 1. The first-order chi connectivity index (χ1) is 9.11. The van der Waals surface area contributed by atoms with Crippen LogP contribution in [0.5, 0.6) is 0 Å². The van der Waals surface area contributed by atoms with Crippen LogP contribution in [0.1, 0.15) is 38.1 Å². The Kier molecular flexibility index (Phi) is 4.03. The number of hydrogen-bond acceptors (Lipinski definition) is 3. The second-order valence-corrected chi connectivity index (χ2v) is 4.64. The van der Waals surface area contributed by atoms with Crippen LogP contribution < -0.4 is 5.32 Å². The van der Waals surface area contributed by atoms with Gasteiger partial charge >= 0.3 is 12.0 Å². The molecule has 0 aromatic carbocycles. The number of carbonyl (C=O) groups excluding carboxylic acids is 1. The molecule has 1 aliphatic rings. The molecular formula is C12H18N4O3. The highest BCUT2D eigenvalue weighted by atomic mass is 16.4. The number of carbonyl (C=O) groups is 2. The largest absolute Gasteiger partial charge is 0.480 e. The number of carboxylic acid groups (broad SMARTS) is 1. The van der Waals surface area contributed by atoms with Crippen LogP contribution in [0.15, 0.2) is 12.4 Å². The minimum Gasteiger partial charge on any atom is -0.480 e. The fourth-order valence-electron chi connectivity index (χ4n) is 1.96. The van der Waals surface area contributed by atoms with Crippen molar-refractivity contribution >= 4 is 12.0 Å². The molecule has 0 radical (unpaired) electrons. The number of aromatic nitrogens is 2. The second kappa shape index (κ2) is 5.73. The number of nitrogens with zero attached hydrogens (tertiary/aromatic N) is 2. The second-order valence-electron chi connectivity index (χ2n) is 4.64. The predicted molar refractivity (Wildman–Crippen MR) is 67.5 cm³/mol. The number of carboxylic acids is 1. The third-order valence-electron chi connectivity index (χ3n) is 3.11. The molecule has 19 heavy (non-hydrogen) atoms. The van der Waals surface area contributed by atoms with Crippen molar-refractivity contribution in [2.45, 2.75) is 38.3 Å². The number of urea groups is 1. The monoisotopic (exact) mass is 266 g/mol. The lowest BCUT2D eigenvalue weighted by Crippen LogP contribution is -2.45. The molecule has 1 saturated carbocycles. The van der Waals surface area contributed by atoms with E-state index in [1.165, 1.54) is 4.90 Å². The van der Waals surface area contributed by atoms with Crippen molar-refractivity contribution in [2.24, 2.45) is 0 Å². The summed E-state index contributed by atoms with van der Waals surface area (Å²) >= 11 is 0. The van der Waals surface area contributed by atoms with Crippen molar-refractivity contribution in [3.8, 4) is 0 Å². The van der Waals surface area contributed by atoms with Gasteiger partial charge in [-0.3, -0.25) is 4.79 Å². The van der Waals surface area contributed by atoms with Crippen LogP contribution in [0.25, 0.3) is 0 Å². The minimum absolute atomic E-state index is 0.0604. The van der Waals surface area contributed by atoms with Gasteiger partial charge in [-0.05, 0) is 19.3 Å². The molecule has 1 atom stereocenters. The van der Waals surface area contributed by atoms with E-state index >= 15 is 0 Å². The molecule has 0 spiro atoms. The average Bonchev–Trinajstić information content (AvgIpc) is 3.07. The standard InChI is InChI=1S/C12H18N4O3/c1-2-9(11-13-5-6-14-11)15-12(19)16(7-10(17)18)8-3-4-8/h5-6,8-9H,2-4,7H2,1H3,(H,13,14)(H,15,19)(H,17,18). The van der Waals surface area contributed by atoms with Crippen molar-refractivity contribution < 1.29 is 14.7 Å². The van der Waals surface area contributed by atoms with Gasteiger partial charge in [0, 0.05) is 18.4 Å². The van der Waals surface area contributed by atoms with E-state index in [0.29, 0.717) is 12.2 Å². The molecule has 0 bridgehead atoms. The summed E-state index contributed by atoms with van der Waals surface area (Å²) in [5.41, 5.74) is 0. The molecule has 104 valence electrons. The molecule has 0 saturated heterocycles. The van der Waals surface area contributed by atoms with Crippen molar-refractivity contribution in [1.82, 2.24) is 20.2 Å². The van der Waals surface area contributed by atoms with E-state index in [1.807, 2.05) is 6.92 Å². The van der Waals surface area contributed by atoms with Crippen molar-refractivity contribution in [3.05, 3.63) is 18.2 Å². The van der Waals surface area contributed by atoms with Crippen LogP contribution in [-0.4, -0.2) is 44.6 Å². The number of hydrogen-bond donors (Lipinski definition) is 3. The van der Waals surface area contributed by atoms with Crippen LogP contribution >= 0.6 is 0 Å². The number of nitrogens with one attached hydrogen (secondary N) is 2. The highest BCUT2D eigenvalue weighted by Gasteiger charge is 2.34. The number of imidazole rings is 1. The lowest BCUT2D eigenvalue weighted by atomic mass is 10.2. The Morgan fingerprint density at radius 3 is 2.84 bits per heavy atom. The summed E-state index contributed by atoms with van der Waals surface area (Å²) in [6, 6.07) is -0.504. The molecule has 1 aliphatic carbocycles. The molecule has 1 aromatic rings. The number of aromatic amines is 1. The molecule has 2 rings (SSSR count). The smallest absolute Gasteiger partial charge is 0.323 e. The van der Waals surface area contributed by atoms with E-state index in [4.69, 9.17) is 5.11 Å². The van der Waals surface area contributed by atoms with Gasteiger partial charge in [0.15, 0.2) is 0 Å². The third-order valence-corrected chi connectivity index (χ3v) is 3.11. The number of H-pyrrole nitrogens is 1. The van der Waals surface area contributed by atoms with Gasteiger partial charge in [-0.2, -0.15) is 0 Å². The quantitative estimate of drug-likeness (QED) is 0.718. The van der Waals surface area contributed by atoms with Crippen LogP contribution in [0.2, 0.25) is 0 Å². The maximum Gasteiger partial charge on any atom is 0.323 e. The van der Waals surface area contributed by atoms with Crippen molar-refractivity contribution in [2.75, 3.05) is 6.54 Å². The van der Waals surface area contributed by atoms with Crippen LogP contribution in [0.4, 0.5) is 4.79 Å². The molecule has 1 fully saturated rings. The number of amides is 2. The van der Waals surface area contributed by atoms with Gasteiger partial charge in [-0.25, -0.2) is 9.78 Å². The Morgan fingerprint density at radius 2 is 2.37 bits per heavy atom. The lowest BCUT2D eigenvalue weighted by Gasteiger charge is -2.24. The summed E-state index contributed by atoms with van der Waals surface area (Å²) in [5, 5.41) is 11.7. The van der Waals surface area contributed by atoms with Gasteiger partial charge in [-0.1, -0.05) is 6.92 Å². The van der Waals surface area contributed by atoms with E-state index in [2.05, 4.69) is 15.3 Å². The molecule has 0 aliphatic heterocycles.